The van der Waals surface area contributed by atoms with Gasteiger partial charge in [-0.1, -0.05) is 145 Å². The molecule has 2 nitrogen and oxygen atoms in total. The molecule has 321 valence electrons. The fraction of sp³-hybridized carbons (Fsp3) is 0.491. The van der Waals surface area contributed by atoms with Crippen LogP contribution in [-0.4, -0.2) is 13.9 Å². The summed E-state index contributed by atoms with van der Waals surface area (Å²) >= 11 is 2.47. The molecule has 0 amide bonds. The van der Waals surface area contributed by atoms with Gasteiger partial charge in [-0.15, -0.1) is 6.42 Å². The number of rotatable bonds is 5. The molecule has 0 aliphatic heterocycles. The molecule has 7 rings (SSSR count). The molecule has 0 aromatic heterocycles. The van der Waals surface area contributed by atoms with Crippen molar-refractivity contribution >= 4 is 47.2 Å². The zero-order valence-electron chi connectivity index (χ0n) is 40.1. The summed E-state index contributed by atoms with van der Waals surface area (Å²) in [6.45, 7) is 35.4. The standard InChI is InChI=1S/C57H70IO2Si/c1-18-35-23-36(19-20-37-26-43(58)33-44(27-37)61(16,17)34-38-21-22-42-32-45(38)57(42,14)15)25-39(24-35)50(40-28-46(53(2,3)4)51(59)47(29-40)54(5,6)7)41-30-48(55(8,9)10)52(60)49(31-41)56(11,12)13/h1,23-31,33,38,42,45H,21-22,32,34H2,2-17H3/t38?,42-,45-/m0/s1. The summed E-state index contributed by atoms with van der Waals surface area (Å²) in [7, 11) is -1.76. The van der Waals surface area contributed by atoms with Gasteiger partial charge in [-0.25, -0.2) is 0 Å². The highest BCUT2D eigenvalue weighted by Gasteiger charge is 2.54. The first-order valence-electron chi connectivity index (χ1n) is 22.5. The van der Waals surface area contributed by atoms with Gasteiger partial charge in [0.1, 0.15) is 0 Å². The van der Waals surface area contributed by atoms with E-state index in [4.69, 9.17) is 6.42 Å². The molecule has 0 spiro atoms. The van der Waals surface area contributed by atoms with E-state index in [1.807, 2.05) is 6.07 Å². The van der Waals surface area contributed by atoms with E-state index in [1.54, 1.807) is 0 Å². The maximum absolute atomic E-state index is 14.3. The number of Topliss-reactive ketones (excluding diaryl/α,β-unsaturated/α-hetero) is 1. The number of halogens is 1. The highest BCUT2D eigenvalue weighted by molar-refractivity contribution is 14.1. The van der Waals surface area contributed by atoms with Crippen molar-refractivity contribution in [1.82, 2.24) is 0 Å². The van der Waals surface area contributed by atoms with Crippen LogP contribution >= 0.6 is 22.6 Å². The van der Waals surface area contributed by atoms with Crippen molar-refractivity contribution < 1.29 is 9.90 Å². The Hall–Kier alpha value is -3.58. The van der Waals surface area contributed by atoms with Crippen LogP contribution in [-0.2, 0) is 20.7 Å². The number of hydrogen-bond acceptors (Lipinski definition) is 1. The summed E-state index contributed by atoms with van der Waals surface area (Å²) in [5.74, 6) is 12.8. The Morgan fingerprint density at radius 3 is 1.70 bits per heavy atom. The second kappa shape index (κ2) is 16.2. The molecule has 1 radical (unpaired) electrons. The van der Waals surface area contributed by atoms with E-state index in [-0.39, 0.29) is 11.5 Å². The molecule has 1 unspecified atom stereocenters. The number of benzene rings is 3. The Bertz CT molecular complexity index is 2400. The summed E-state index contributed by atoms with van der Waals surface area (Å²) in [6, 6.07) is 18.7. The lowest BCUT2D eigenvalue weighted by molar-refractivity contribution is -0.114. The highest BCUT2D eigenvalue weighted by atomic mass is 127. The van der Waals surface area contributed by atoms with E-state index in [9.17, 15) is 9.90 Å². The third-order valence-electron chi connectivity index (χ3n) is 14.2. The highest BCUT2D eigenvalue weighted by Crippen LogP contribution is 2.62. The van der Waals surface area contributed by atoms with Crippen LogP contribution in [0, 0.1) is 61.8 Å². The molecule has 4 aliphatic rings. The number of terminal acetylenes is 1. The lowest BCUT2D eigenvalue weighted by Gasteiger charge is -2.61. The van der Waals surface area contributed by atoms with Crippen molar-refractivity contribution in [3.63, 3.8) is 0 Å². The lowest BCUT2D eigenvalue weighted by Crippen LogP contribution is -2.55. The summed E-state index contributed by atoms with van der Waals surface area (Å²) < 4.78 is 1.22. The Kier molecular flexibility index (Phi) is 12.5. The largest absolute Gasteiger partial charge is 0.289 e. The monoisotopic (exact) mass is 941 g/mol. The van der Waals surface area contributed by atoms with Gasteiger partial charge in [0.05, 0.1) is 8.07 Å². The zero-order chi connectivity index (χ0) is 45.4. The van der Waals surface area contributed by atoms with Crippen LogP contribution in [0.1, 0.15) is 155 Å². The van der Waals surface area contributed by atoms with Crippen LogP contribution in [0.4, 0.5) is 0 Å². The first kappa shape index (κ1) is 46.9. The molecule has 3 aromatic carbocycles. The minimum atomic E-state index is -1.76. The predicted molar refractivity (Wildman–Crippen MR) is 270 cm³/mol. The van der Waals surface area contributed by atoms with E-state index in [1.165, 1.54) is 34.1 Å². The summed E-state index contributed by atoms with van der Waals surface area (Å²) in [6.07, 6.45) is 14.6. The Morgan fingerprint density at radius 1 is 0.721 bits per heavy atom. The molecule has 0 N–H and O–H groups in total. The van der Waals surface area contributed by atoms with Crippen molar-refractivity contribution in [3.05, 3.63) is 120 Å². The molecule has 61 heavy (non-hydrogen) atoms. The van der Waals surface area contributed by atoms with Gasteiger partial charge in [0, 0.05) is 42.5 Å². The fourth-order valence-corrected chi connectivity index (χ4v) is 14.5. The number of fused-ring (bicyclic) bond motifs is 2. The molecular formula is C57H70IO2Si. The van der Waals surface area contributed by atoms with Crippen LogP contribution < -0.4 is 5.19 Å². The minimum absolute atomic E-state index is 0.0788. The maximum atomic E-state index is 14.3. The van der Waals surface area contributed by atoms with Gasteiger partial charge in [-0.05, 0) is 163 Å². The summed E-state index contributed by atoms with van der Waals surface area (Å²) in [4.78, 5) is 14.3. The van der Waals surface area contributed by atoms with Crippen LogP contribution in [0.5, 0.6) is 5.75 Å². The van der Waals surface area contributed by atoms with E-state index < -0.39 is 29.7 Å². The van der Waals surface area contributed by atoms with E-state index >= 15 is 0 Å². The molecule has 0 heterocycles. The van der Waals surface area contributed by atoms with Gasteiger partial charge < -0.3 is 0 Å². The first-order valence-corrected chi connectivity index (χ1v) is 26.8. The number of carbonyl (C=O) groups is 1. The molecule has 3 atom stereocenters. The Labute approximate surface area is 384 Å². The van der Waals surface area contributed by atoms with Crippen molar-refractivity contribution in [2.75, 3.05) is 0 Å². The Morgan fingerprint density at radius 2 is 1.23 bits per heavy atom. The topological polar surface area (TPSA) is 37.0 Å². The van der Waals surface area contributed by atoms with Crippen molar-refractivity contribution in [2.45, 2.75) is 146 Å². The molecule has 4 heteroatoms. The smallest absolute Gasteiger partial charge is 0.186 e. The zero-order valence-corrected chi connectivity index (χ0v) is 43.3. The van der Waals surface area contributed by atoms with Gasteiger partial charge in [-0.2, -0.15) is 0 Å². The van der Waals surface area contributed by atoms with Crippen LogP contribution in [0.2, 0.25) is 19.1 Å². The lowest BCUT2D eigenvalue weighted by atomic mass is 9.46. The minimum Gasteiger partial charge on any atom is -0.289 e. The second-order valence-electron chi connectivity index (χ2n) is 23.9. The van der Waals surface area contributed by atoms with Crippen LogP contribution in [0.15, 0.2) is 77.4 Å². The molecule has 3 saturated carbocycles. The van der Waals surface area contributed by atoms with Crippen LogP contribution in [0.3, 0.4) is 0 Å². The quantitative estimate of drug-likeness (QED) is 0.143. The van der Waals surface area contributed by atoms with Crippen molar-refractivity contribution in [3.8, 4) is 29.9 Å². The molecule has 3 fully saturated rings. The average molecular weight is 942 g/mol. The molecule has 2 bridgehead atoms. The Balaban J connectivity index is 1.56. The number of hydrogen-bond donors (Lipinski definition) is 0. The third kappa shape index (κ3) is 9.67. The fourth-order valence-electron chi connectivity index (χ4n) is 10.4. The van der Waals surface area contributed by atoms with Gasteiger partial charge in [-0.3, -0.25) is 9.90 Å². The first-order chi connectivity index (χ1) is 27.9. The second-order valence-corrected chi connectivity index (χ2v) is 29.9. The average Bonchev–Trinajstić information content (AvgIpc) is 3.12. The molecule has 4 aliphatic carbocycles. The normalized spacial score (nSPS) is 20.5. The van der Waals surface area contributed by atoms with Crippen molar-refractivity contribution in [1.29, 1.82) is 0 Å². The van der Waals surface area contributed by atoms with Gasteiger partial charge in [0.15, 0.2) is 11.5 Å². The molecular weight excluding hydrogens is 872 g/mol. The maximum Gasteiger partial charge on any atom is 0.186 e. The van der Waals surface area contributed by atoms with Gasteiger partial charge in [0.25, 0.3) is 0 Å². The predicted octanol–water partition coefficient (Wildman–Crippen LogP) is 14.7. The van der Waals surface area contributed by atoms with Crippen molar-refractivity contribution in [2.24, 2.45) is 34.0 Å². The van der Waals surface area contributed by atoms with E-state index in [0.717, 1.165) is 79.0 Å². The molecule has 0 saturated heterocycles. The van der Waals surface area contributed by atoms with Crippen LogP contribution in [0.25, 0.3) is 5.57 Å². The number of carbonyl (C=O) groups excluding carboxylic acids is 1. The summed E-state index contributed by atoms with van der Waals surface area (Å²) in [5, 5.41) is 15.7. The number of ketones is 1. The SMILES string of the molecule is C#Cc1cc(C#Cc2cc(I)cc([Si](C)(C)CC3CC[C@H]4C[C@@H]3C4(C)C)c2)cc(C(=C2C=C(C(C)(C)C)C(=O)C(C(C)(C)C)=C2)c2cc(C(C)(C)C)c([O])c(C(C)(C)C)c2)c1. The van der Waals surface area contributed by atoms with Gasteiger partial charge in [0.2, 0.25) is 0 Å². The van der Waals surface area contributed by atoms with E-state index in [2.05, 4.69) is 205 Å². The van der Waals surface area contributed by atoms with Gasteiger partial charge >= 0.3 is 0 Å². The number of allylic oxidation sites excluding steroid dienone is 5. The molecule has 3 aromatic rings. The van der Waals surface area contributed by atoms with E-state index in [0.29, 0.717) is 5.41 Å². The third-order valence-corrected chi connectivity index (χ3v) is 18.2. The summed E-state index contributed by atoms with van der Waals surface area (Å²) in [5.41, 5.74) is 8.18.